The van der Waals surface area contributed by atoms with E-state index in [-0.39, 0.29) is 24.4 Å². The number of rotatable bonds is 7. The first kappa shape index (κ1) is 18.0. The van der Waals surface area contributed by atoms with Gasteiger partial charge in [0.05, 0.1) is 12.6 Å². The number of nitrogens with one attached hydrogen (secondary N) is 1. The van der Waals surface area contributed by atoms with Gasteiger partial charge in [0.1, 0.15) is 0 Å². The zero-order valence-corrected chi connectivity index (χ0v) is 13.4. The van der Waals surface area contributed by atoms with Crippen LogP contribution in [0.15, 0.2) is 30.3 Å². The van der Waals surface area contributed by atoms with E-state index >= 15 is 0 Å². The Labute approximate surface area is 133 Å². The SMILES string of the molecule is CCN(Cc1ccccc1)C(=O)CNCC1CCCO1.Cl. The Hall–Kier alpha value is -1.10. The lowest BCUT2D eigenvalue weighted by atomic mass is 10.2. The Morgan fingerprint density at radius 1 is 1.38 bits per heavy atom. The molecule has 1 fully saturated rings. The van der Waals surface area contributed by atoms with E-state index in [4.69, 9.17) is 4.74 Å². The standard InChI is InChI=1S/C16H24N2O2.ClH/c1-2-18(13-14-7-4-3-5-8-14)16(19)12-17-11-15-9-6-10-20-15;/h3-5,7-8,15,17H,2,6,9-13H2,1H3;1H. The minimum Gasteiger partial charge on any atom is -0.377 e. The number of carbonyl (C=O) groups excluding carboxylic acids is 1. The maximum atomic E-state index is 12.2. The Balaban J connectivity index is 0.00000220. The molecular weight excluding hydrogens is 288 g/mol. The molecule has 1 unspecified atom stereocenters. The maximum absolute atomic E-state index is 12.2. The van der Waals surface area contributed by atoms with Gasteiger partial charge >= 0.3 is 0 Å². The second kappa shape index (κ2) is 9.77. The highest BCUT2D eigenvalue weighted by atomic mass is 35.5. The number of hydrogen-bond donors (Lipinski definition) is 1. The molecule has 2 rings (SSSR count). The quantitative estimate of drug-likeness (QED) is 0.839. The summed E-state index contributed by atoms with van der Waals surface area (Å²) in [5.74, 6) is 0.148. The minimum absolute atomic E-state index is 0. The van der Waals surface area contributed by atoms with Gasteiger partial charge in [0.25, 0.3) is 0 Å². The van der Waals surface area contributed by atoms with Crippen molar-refractivity contribution in [1.82, 2.24) is 10.2 Å². The summed E-state index contributed by atoms with van der Waals surface area (Å²) in [6.45, 7) is 5.44. The Kier molecular flexibility index (Phi) is 8.35. The topological polar surface area (TPSA) is 41.6 Å². The van der Waals surface area contributed by atoms with Crippen LogP contribution in [0.25, 0.3) is 0 Å². The van der Waals surface area contributed by atoms with Crippen molar-refractivity contribution in [1.29, 1.82) is 0 Å². The summed E-state index contributed by atoms with van der Waals surface area (Å²) in [7, 11) is 0. The number of nitrogens with zero attached hydrogens (tertiary/aromatic N) is 1. The molecule has 1 atom stereocenters. The van der Waals surface area contributed by atoms with Gasteiger partial charge in [-0.05, 0) is 25.3 Å². The summed E-state index contributed by atoms with van der Waals surface area (Å²) >= 11 is 0. The zero-order valence-electron chi connectivity index (χ0n) is 12.6. The van der Waals surface area contributed by atoms with Crippen molar-refractivity contribution in [3.05, 3.63) is 35.9 Å². The van der Waals surface area contributed by atoms with Crippen molar-refractivity contribution in [2.75, 3.05) is 26.2 Å². The highest BCUT2D eigenvalue weighted by Gasteiger charge is 2.16. The van der Waals surface area contributed by atoms with Crippen molar-refractivity contribution >= 4 is 18.3 Å². The van der Waals surface area contributed by atoms with Crippen LogP contribution in [0.4, 0.5) is 0 Å². The lowest BCUT2D eigenvalue weighted by Gasteiger charge is -2.21. The van der Waals surface area contributed by atoms with Gasteiger partial charge in [0.2, 0.25) is 5.91 Å². The first-order chi connectivity index (χ1) is 9.79. The molecule has 5 heteroatoms. The lowest BCUT2D eigenvalue weighted by molar-refractivity contribution is -0.130. The number of hydrogen-bond acceptors (Lipinski definition) is 3. The number of amides is 1. The van der Waals surface area contributed by atoms with E-state index in [1.807, 2.05) is 30.0 Å². The van der Waals surface area contributed by atoms with Crippen molar-refractivity contribution in [2.45, 2.75) is 32.4 Å². The fourth-order valence-electron chi connectivity index (χ4n) is 2.44. The smallest absolute Gasteiger partial charge is 0.236 e. The third-order valence-electron chi connectivity index (χ3n) is 3.62. The molecule has 21 heavy (non-hydrogen) atoms. The first-order valence-corrected chi connectivity index (χ1v) is 7.43. The van der Waals surface area contributed by atoms with Crippen LogP contribution in [0, 0.1) is 0 Å². The molecule has 1 saturated heterocycles. The maximum Gasteiger partial charge on any atom is 0.236 e. The van der Waals surface area contributed by atoms with Crippen LogP contribution in [0.5, 0.6) is 0 Å². The fourth-order valence-corrected chi connectivity index (χ4v) is 2.44. The number of likely N-dealkylation sites (N-methyl/N-ethyl adjacent to an activating group) is 1. The van der Waals surface area contributed by atoms with Gasteiger partial charge in [-0.2, -0.15) is 0 Å². The molecule has 1 amide bonds. The van der Waals surface area contributed by atoms with Gasteiger partial charge in [-0.15, -0.1) is 12.4 Å². The summed E-state index contributed by atoms with van der Waals surface area (Å²) in [5.41, 5.74) is 1.17. The molecular formula is C16H25ClN2O2. The second-order valence-corrected chi connectivity index (χ2v) is 5.16. The van der Waals surface area contributed by atoms with Crippen LogP contribution < -0.4 is 5.32 Å². The molecule has 0 aliphatic carbocycles. The van der Waals surface area contributed by atoms with E-state index in [1.165, 1.54) is 5.56 Å². The highest BCUT2D eigenvalue weighted by Crippen LogP contribution is 2.10. The molecule has 1 heterocycles. The normalized spacial score (nSPS) is 17.3. The average Bonchev–Trinajstić information content (AvgIpc) is 2.99. The second-order valence-electron chi connectivity index (χ2n) is 5.16. The summed E-state index contributed by atoms with van der Waals surface area (Å²) in [6.07, 6.45) is 2.52. The Bertz CT molecular complexity index is 408. The van der Waals surface area contributed by atoms with Crippen molar-refractivity contribution < 1.29 is 9.53 Å². The number of halogens is 1. The van der Waals surface area contributed by atoms with Gasteiger partial charge in [-0.1, -0.05) is 30.3 Å². The number of benzene rings is 1. The molecule has 1 aliphatic heterocycles. The largest absolute Gasteiger partial charge is 0.377 e. The van der Waals surface area contributed by atoms with E-state index in [2.05, 4.69) is 17.4 Å². The van der Waals surface area contributed by atoms with Crippen molar-refractivity contribution in [2.24, 2.45) is 0 Å². The van der Waals surface area contributed by atoms with Crippen LogP contribution in [-0.2, 0) is 16.1 Å². The van der Waals surface area contributed by atoms with Crippen LogP contribution >= 0.6 is 12.4 Å². The Morgan fingerprint density at radius 3 is 2.76 bits per heavy atom. The van der Waals surface area contributed by atoms with Gasteiger partial charge in [0, 0.05) is 26.2 Å². The van der Waals surface area contributed by atoms with Crippen molar-refractivity contribution in [3.8, 4) is 0 Å². The van der Waals surface area contributed by atoms with E-state index in [0.29, 0.717) is 13.1 Å². The summed E-state index contributed by atoms with van der Waals surface area (Å²) in [5, 5.41) is 3.21. The van der Waals surface area contributed by atoms with Crippen LogP contribution in [0.1, 0.15) is 25.3 Å². The van der Waals surface area contributed by atoms with Gasteiger partial charge < -0.3 is 15.0 Å². The summed E-state index contributed by atoms with van der Waals surface area (Å²) in [6, 6.07) is 10.1. The average molecular weight is 313 g/mol. The molecule has 1 N–H and O–H groups in total. The molecule has 0 saturated carbocycles. The van der Waals surface area contributed by atoms with Gasteiger partial charge in [0.15, 0.2) is 0 Å². The highest BCUT2D eigenvalue weighted by molar-refractivity contribution is 5.85. The lowest BCUT2D eigenvalue weighted by Crippen LogP contribution is -2.39. The molecule has 4 nitrogen and oxygen atoms in total. The van der Waals surface area contributed by atoms with Crippen LogP contribution in [0.3, 0.4) is 0 Å². The molecule has 0 aromatic heterocycles. The Morgan fingerprint density at radius 2 is 2.14 bits per heavy atom. The fraction of sp³-hybridized carbons (Fsp3) is 0.562. The van der Waals surface area contributed by atoms with E-state index < -0.39 is 0 Å². The van der Waals surface area contributed by atoms with E-state index in [1.54, 1.807) is 0 Å². The van der Waals surface area contributed by atoms with Gasteiger partial charge in [-0.25, -0.2) is 0 Å². The summed E-state index contributed by atoms with van der Waals surface area (Å²) in [4.78, 5) is 14.0. The molecule has 1 aliphatic rings. The third-order valence-corrected chi connectivity index (χ3v) is 3.62. The van der Waals surface area contributed by atoms with Gasteiger partial charge in [-0.3, -0.25) is 4.79 Å². The first-order valence-electron chi connectivity index (χ1n) is 7.43. The molecule has 0 radical (unpaired) electrons. The molecule has 1 aromatic rings. The van der Waals surface area contributed by atoms with Crippen LogP contribution in [-0.4, -0.2) is 43.2 Å². The molecule has 118 valence electrons. The molecule has 1 aromatic carbocycles. The molecule has 0 spiro atoms. The third kappa shape index (κ3) is 6.04. The summed E-state index contributed by atoms with van der Waals surface area (Å²) < 4.78 is 5.53. The predicted octanol–water partition coefficient (Wildman–Crippen LogP) is 2.23. The monoisotopic (exact) mass is 312 g/mol. The van der Waals surface area contributed by atoms with E-state index in [0.717, 1.165) is 32.5 Å². The number of carbonyl (C=O) groups is 1. The predicted molar refractivity (Wildman–Crippen MR) is 86.6 cm³/mol. The minimum atomic E-state index is 0. The van der Waals surface area contributed by atoms with Crippen LogP contribution in [0.2, 0.25) is 0 Å². The van der Waals surface area contributed by atoms with Crippen molar-refractivity contribution in [3.63, 3.8) is 0 Å². The molecule has 0 bridgehead atoms. The zero-order chi connectivity index (χ0) is 14.2. The van der Waals surface area contributed by atoms with E-state index in [9.17, 15) is 4.79 Å². The number of ether oxygens (including phenoxy) is 1.